The minimum absolute atomic E-state index is 0.0288. The summed E-state index contributed by atoms with van der Waals surface area (Å²) in [5.74, 6) is 0.0230. The van der Waals surface area contributed by atoms with Gasteiger partial charge in [0.15, 0.2) is 5.75 Å². The first-order valence-corrected chi connectivity index (χ1v) is 7.50. The summed E-state index contributed by atoms with van der Waals surface area (Å²) in [7, 11) is 1.57. The van der Waals surface area contributed by atoms with Crippen LogP contribution in [0.3, 0.4) is 0 Å². The molecule has 3 rings (SSSR count). The number of thiophene rings is 1. The Balaban J connectivity index is 2.01. The highest BCUT2D eigenvalue weighted by Gasteiger charge is 2.13. The summed E-state index contributed by atoms with van der Waals surface area (Å²) in [4.78, 5) is 16.3. The lowest BCUT2D eigenvalue weighted by Crippen LogP contribution is -2.15. The zero-order valence-electron chi connectivity index (χ0n) is 11.4. The average Bonchev–Trinajstić information content (AvgIpc) is 2.95. The van der Waals surface area contributed by atoms with Crippen LogP contribution in [0.15, 0.2) is 36.7 Å². The molecule has 4 nitrogen and oxygen atoms in total. The van der Waals surface area contributed by atoms with Gasteiger partial charge in [-0.1, -0.05) is 11.6 Å². The maximum absolute atomic E-state index is 13.5. The summed E-state index contributed by atoms with van der Waals surface area (Å²) < 4.78 is 20.0. The Morgan fingerprint density at radius 3 is 2.91 bits per heavy atom. The van der Waals surface area contributed by atoms with Crippen molar-refractivity contribution in [2.45, 2.75) is 0 Å². The van der Waals surface area contributed by atoms with E-state index in [1.165, 1.54) is 29.7 Å². The van der Waals surface area contributed by atoms with Gasteiger partial charge in [-0.05, 0) is 18.2 Å². The fourth-order valence-corrected chi connectivity index (χ4v) is 3.03. The van der Waals surface area contributed by atoms with E-state index in [0.717, 1.165) is 10.1 Å². The number of benzene rings is 1. The monoisotopic (exact) mass is 336 g/mol. The molecule has 0 aliphatic carbocycles. The van der Waals surface area contributed by atoms with Crippen molar-refractivity contribution >= 4 is 38.9 Å². The molecule has 0 aliphatic rings. The largest absolute Gasteiger partial charge is 0.455 e. The molecule has 2 heterocycles. The second-order valence-corrected chi connectivity index (χ2v) is 5.91. The standard InChI is InChI=1S/C15H10ClFN2O2S/c1-18-15(20)13-5-9-12(6-19-7-14(9)22-13)21-8-2-3-10(16)11(17)4-8/h2-7H,1H3,(H,18,20). The molecule has 0 bridgehead atoms. The van der Waals surface area contributed by atoms with Crippen LogP contribution in [-0.4, -0.2) is 17.9 Å². The van der Waals surface area contributed by atoms with Crippen molar-refractivity contribution < 1.29 is 13.9 Å². The van der Waals surface area contributed by atoms with Gasteiger partial charge in [0, 0.05) is 24.7 Å². The van der Waals surface area contributed by atoms with Crippen LogP contribution in [0.2, 0.25) is 5.02 Å². The van der Waals surface area contributed by atoms with Gasteiger partial charge < -0.3 is 10.1 Å². The minimum Gasteiger partial charge on any atom is -0.455 e. The smallest absolute Gasteiger partial charge is 0.261 e. The normalized spacial score (nSPS) is 10.7. The van der Waals surface area contributed by atoms with E-state index < -0.39 is 5.82 Å². The third kappa shape index (κ3) is 2.75. The molecule has 0 unspecified atom stereocenters. The van der Waals surface area contributed by atoms with E-state index in [-0.39, 0.29) is 10.9 Å². The Hall–Kier alpha value is -2.18. The molecule has 3 aromatic rings. The summed E-state index contributed by atoms with van der Waals surface area (Å²) in [6.45, 7) is 0. The van der Waals surface area contributed by atoms with E-state index in [2.05, 4.69) is 10.3 Å². The summed E-state index contributed by atoms with van der Waals surface area (Å²) in [6, 6.07) is 5.91. The second kappa shape index (κ2) is 5.90. The van der Waals surface area contributed by atoms with Gasteiger partial charge in [-0.3, -0.25) is 9.78 Å². The number of rotatable bonds is 3. The number of amides is 1. The molecule has 0 aliphatic heterocycles. The molecule has 0 saturated heterocycles. The molecule has 1 aromatic carbocycles. The lowest BCUT2D eigenvalue weighted by molar-refractivity contribution is 0.0967. The van der Waals surface area contributed by atoms with E-state index in [4.69, 9.17) is 16.3 Å². The van der Waals surface area contributed by atoms with Crippen LogP contribution in [0.25, 0.3) is 10.1 Å². The SMILES string of the molecule is CNC(=O)c1cc2c(Oc3ccc(Cl)c(F)c3)cncc2s1. The van der Waals surface area contributed by atoms with E-state index in [1.807, 2.05) is 0 Å². The molecule has 112 valence electrons. The van der Waals surface area contributed by atoms with Crippen LogP contribution < -0.4 is 10.1 Å². The molecule has 0 radical (unpaired) electrons. The minimum atomic E-state index is -0.560. The number of fused-ring (bicyclic) bond motifs is 1. The van der Waals surface area contributed by atoms with Crippen molar-refractivity contribution in [3.05, 3.63) is 52.4 Å². The Labute approximate surface area is 134 Å². The first-order valence-electron chi connectivity index (χ1n) is 6.31. The molecule has 2 aromatic heterocycles. The van der Waals surface area contributed by atoms with Crippen LogP contribution >= 0.6 is 22.9 Å². The number of aromatic nitrogens is 1. The van der Waals surface area contributed by atoms with Crippen molar-refractivity contribution in [1.82, 2.24) is 10.3 Å². The van der Waals surface area contributed by atoms with Gasteiger partial charge in [0.05, 0.1) is 20.8 Å². The number of hydrogen-bond donors (Lipinski definition) is 1. The zero-order chi connectivity index (χ0) is 15.7. The second-order valence-electron chi connectivity index (χ2n) is 4.42. The van der Waals surface area contributed by atoms with Crippen LogP contribution in [0.1, 0.15) is 9.67 Å². The molecule has 7 heteroatoms. The number of hydrogen-bond acceptors (Lipinski definition) is 4. The van der Waals surface area contributed by atoms with Gasteiger partial charge in [-0.15, -0.1) is 11.3 Å². The number of pyridine rings is 1. The van der Waals surface area contributed by atoms with Crippen LogP contribution in [0.5, 0.6) is 11.5 Å². The Morgan fingerprint density at radius 1 is 1.36 bits per heavy atom. The molecule has 22 heavy (non-hydrogen) atoms. The van der Waals surface area contributed by atoms with E-state index >= 15 is 0 Å². The van der Waals surface area contributed by atoms with Crippen molar-refractivity contribution in [1.29, 1.82) is 0 Å². The molecule has 1 amide bonds. The predicted molar refractivity (Wildman–Crippen MR) is 84.5 cm³/mol. The number of ether oxygens (including phenoxy) is 1. The fraction of sp³-hybridized carbons (Fsp3) is 0.0667. The zero-order valence-corrected chi connectivity index (χ0v) is 13.0. The first kappa shape index (κ1) is 14.7. The number of halogens is 2. The molecular weight excluding hydrogens is 327 g/mol. The summed E-state index contributed by atoms with van der Waals surface area (Å²) >= 11 is 6.96. The average molecular weight is 337 g/mol. The van der Waals surface area contributed by atoms with Crippen molar-refractivity contribution in [2.75, 3.05) is 7.05 Å². The number of nitrogens with zero attached hydrogens (tertiary/aromatic N) is 1. The van der Waals surface area contributed by atoms with Crippen LogP contribution in [0.4, 0.5) is 4.39 Å². The number of carbonyl (C=O) groups is 1. The molecule has 1 N–H and O–H groups in total. The van der Waals surface area contributed by atoms with Gasteiger partial charge in [0.1, 0.15) is 11.6 Å². The fourth-order valence-electron chi connectivity index (χ4n) is 1.92. The highest BCUT2D eigenvalue weighted by molar-refractivity contribution is 7.20. The van der Waals surface area contributed by atoms with Crippen molar-refractivity contribution in [3.63, 3.8) is 0 Å². The van der Waals surface area contributed by atoms with Gasteiger partial charge >= 0.3 is 0 Å². The molecule has 0 fully saturated rings. The van der Waals surface area contributed by atoms with Crippen LogP contribution in [0, 0.1) is 5.82 Å². The van der Waals surface area contributed by atoms with Gasteiger partial charge in [0.25, 0.3) is 5.91 Å². The summed E-state index contributed by atoms with van der Waals surface area (Å²) in [5, 5.41) is 3.34. The van der Waals surface area contributed by atoms with Crippen molar-refractivity contribution in [3.8, 4) is 11.5 Å². The lowest BCUT2D eigenvalue weighted by Gasteiger charge is -2.06. The summed E-state index contributed by atoms with van der Waals surface area (Å²) in [5.41, 5.74) is 0. The lowest BCUT2D eigenvalue weighted by atomic mass is 10.2. The predicted octanol–water partition coefficient (Wildman–Crippen LogP) is 4.24. The van der Waals surface area contributed by atoms with Crippen LogP contribution in [-0.2, 0) is 0 Å². The number of nitrogens with one attached hydrogen (secondary N) is 1. The van der Waals surface area contributed by atoms with Gasteiger partial charge in [-0.2, -0.15) is 0 Å². The van der Waals surface area contributed by atoms with Gasteiger partial charge in [0.2, 0.25) is 0 Å². The third-order valence-electron chi connectivity index (χ3n) is 2.98. The highest BCUT2D eigenvalue weighted by Crippen LogP contribution is 2.35. The summed E-state index contributed by atoms with van der Waals surface area (Å²) in [6.07, 6.45) is 3.18. The molecule has 0 atom stereocenters. The maximum Gasteiger partial charge on any atom is 0.261 e. The van der Waals surface area contributed by atoms with Gasteiger partial charge in [-0.25, -0.2) is 4.39 Å². The Bertz CT molecular complexity index is 866. The van der Waals surface area contributed by atoms with E-state index in [1.54, 1.807) is 25.4 Å². The van der Waals surface area contributed by atoms with E-state index in [0.29, 0.717) is 16.4 Å². The molecule has 0 spiro atoms. The quantitative estimate of drug-likeness (QED) is 0.778. The Morgan fingerprint density at radius 2 is 2.18 bits per heavy atom. The highest BCUT2D eigenvalue weighted by atomic mass is 35.5. The van der Waals surface area contributed by atoms with E-state index in [9.17, 15) is 9.18 Å². The molecular formula is C15H10ClFN2O2S. The first-order chi connectivity index (χ1) is 10.6. The number of carbonyl (C=O) groups excluding carboxylic acids is 1. The molecule has 0 saturated carbocycles. The topological polar surface area (TPSA) is 51.2 Å². The van der Waals surface area contributed by atoms with Crippen molar-refractivity contribution in [2.24, 2.45) is 0 Å². The third-order valence-corrected chi connectivity index (χ3v) is 4.35. The Kier molecular flexibility index (Phi) is 3.96. The maximum atomic E-state index is 13.5.